The second kappa shape index (κ2) is 2.75. The number of aromatic hydroxyl groups is 1. The second-order valence-corrected chi connectivity index (χ2v) is 2.28. The van der Waals surface area contributed by atoms with Crippen LogP contribution in [-0.2, 0) is 0 Å². The van der Waals surface area contributed by atoms with E-state index in [1.807, 2.05) is 0 Å². The van der Waals surface area contributed by atoms with Gasteiger partial charge in [0.05, 0.1) is 11.8 Å². The Kier molecular flexibility index (Phi) is 1.96. The summed E-state index contributed by atoms with van der Waals surface area (Å²) in [6.07, 6.45) is 0.522. The Morgan fingerprint density at radius 1 is 1.64 bits per heavy atom. The highest BCUT2D eigenvalue weighted by Crippen LogP contribution is 2.15. The number of aliphatic hydroxyl groups excluding tert-OH is 1. The third-order valence-electron chi connectivity index (χ3n) is 1.38. The molecule has 0 saturated carbocycles. The Morgan fingerprint density at radius 2 is 2.27 bits per heavy atom. The highest BCUT2D eigenvalue weighted by Gasteiger charge is 2.08. The normalized spacial score (nSPS) is 12.9. The topological polar surface area (TPSA) is 73.3 Å². The average Bonchev–Trinajstić information content (AvgIpc) is 1.94. The molecular weight excluding hydrogens is 146 g/mol. The SMILES string of the molecule is C[C@@H](O)c1[nH]ccc(=O)c1O. The van der Waals surface area contributed by atoms with E-state index in [-0.39, 0.29) is 5.69 Å². The molecular formula is C7H9NO3. The van der Waals surface area contributed by atoms with Crippen molar-refractivity contribution in [3.63, 3.8) is 0 Å². The van der Waals surface area contributed by atoms with Crippen molar-refractivity contribution in [1.82, 2.24) is 4.98 Å². The third-order valence-corrected chi connectivity index (χ3v) is 1.38. The second-order valence-electron chi connectivity index (χ2n) is 2.28. The molecule has 1 atom stereocenters. The Morgan fingerprint density at radius 3 is 2.73 bits per heavy atom. The minimum Gasteiger partial charge on any atom is -0.503 e. The highest BCUT2D eigenvalue weighted by molar-refractivity contribution is 5.26. The lowest BCUT2D eigenvalue weighted by Crippen LogP contribution is -2.05. The molecule has 0 amide bonds. The molecule has 3 N–H and O–H groups in total. The van der Waals surface area contributed by atoms with Crippen LogP contribution in [-0.4, -0.2) is 15.2 Å². The maximum atomic E-state index is 10.8. The first-order valence-electron chi connectivity index (χ1n) is 3.21. The van der Waals surface area contributed by atoms with E-state index in [1.54, 1.807) is 0 Å². The van der Waals surface area contributed by atoms with Gasteiger partial charge in [0, 0.05) is 12.3 Å². The largest absolute Gasteiger partial charge is 0.503 e. The predicted molar refractivity (Wildman–Crippen MR) is 39.4 cm³/mol. The lowest BCUT2D eigenvalue weighted by atomic mass is 10.2. The lowest BCUT2D eigenvalue weighted by molar-refractivity contribution is 0.189. The molecule has 1 aromatic rings. The molecule has 1 aromatic heterocycles. The predicted octanol–water partition coefficient (Wildman–Crippen LogP) is 0.134. The zero-order chi connectivity index (χ0) is 8.43. The van der Waals surface area contributed by atoms with Gasteiger partial charge in [0.15, 0.2) is 5.75 Å². The molecule has 0 unspecified atom stereocenters. The monoisotopic (exact) mass is 155 g/mol. The van der Waals surface area contributed by atoms with Gasteiger partial charge in [0.25, 0.3) is 0 Å². The van der Waals surface area contributed by atoms with Crippen molar-refractivity contribution < 1.29 is 10.2 Å². The number of aromatic amines is 1. The summed E-state index contributed by atoms with van der Waals surface area (Å²) < 4.78 is 0. The Balaban J connectivity index is 3.28. The van der Waals surface area contributed by atoms with Crippen molar-refractivity contribution in [3.05, 3.63) is 28.2 Å². The van der Waals surface area contributed by atoms with Crippen molar-refractivity contribution in [1.29, 1.82) is 0 Å². The summed E-state index contributed by atoms with van der Waals surface area (Å²) in [7, 11) is 0. The van der Waals surface area contributed by atoms with Crippen LogP contribution in [0.2, 0.25) is 0 Å². The molecule has 0 fully saturated rings. The summed E-state index contributed by atoms with van der Waals surface area (Å²) in [6.45, 7) is 1.46. The van der Waals surface area contributed by atoms with E-state index in [0.29, 0.717) is 0 Å². The minimum absolute atomic E-state index is 0.150. The van der Waals surface area contributed by atoms with Crippen LogP contribution < -0.4 is 5.43 Å². The molecule has 4 nitrogen and oxygen atoms in total. The van der Waals surface area contributed by atoms with Crippen molar-refractivity contribution in [2.24, 2.45) is 0 Å². The highest BCUT2D eigenvalue weighted by atomic mass is 16.3. The molecule has 11 heavy (non-hydrogen) atoms. The van der Waals surface area contributed by atoms with Crippen LogP contribution in [0.3, 0.4) is 0 Å². The quantitative estimate of drug-likeness (QED) is 0.539. The first kappa shape index (κ1) is 7.81. The molecule has 0 radical (unpaired) electrons. The van der Waals surface area contributed by atoms with Crippen molar-refractivity contribution in [3.8, 4) is 5.75 Å². The van der Waals surface area contributed by atoms with Gasteiger partial charge >= 0.3 is 0 Å². The van der Waals surface area contributed by atoms with Gasteiger partial charge in [-0.05, 0) is 6.92 Å². The summed E-state index contributed by atoms with van der Waals surface area (Å²) >= 11 is 0. The van der Waals surface area contributed by atoms with Crippen LogP contribution in [0.15, 0.2) is 17.1 Å². The Hall–Kier alpha value is -1.29. The zero-order valence-electron chi connectivity index (χ0n) is 6.03. The zero-order valence-corrected chi connectivity index (χ0v) is 6.03. The van der Waals surface area contributed by atoms with Gasteiger partial charge in [-0.2, -0.15) is 0 Å². The van der Waals surface area contributed by atoms with Gasteiger partial charge in [-0.15, -0.1) is 0 Å². The standard InChI is InChI=1S/C7H9NO3/c1-4(9)6-7(11)5(10)2-3-8-6/h2-4,9,11H,1H3,(H,8,10)/t4-/m1/s1. The van der Waals surface area contributed by atoms with Crippen LogP contribution in [0.4, 0.5) is 0 Å². The fourth-order valence-electron chi connectivity index (χ4n) is 0.806. The van der Waals surface area contributed by atoms with Gasteiger partial charge in [-0.25, -0.2) is 0 Å². The third kappa shape index (κ3) is 1.40. The van der Waals surface area contributed by atoms with E-state index in [4.69, 9.17) is 10.2 Å². The molecule has 0 aromatic carbocycles. The van der Waals surface area contributed by atoms with Gasteiger partial charge < -0.3 is 15.2 Å². The molecule has 0 saturated heterocycles. The van der Waals surface area contributed by atoms with Crippen molar-refractivity contribution >= 4 is 0 Å². The van der Waals surface area contributed by atoms with E-state index in [9.17, 15) is 4.79 Å². The molecule has 0 bridgehead atoms. The first-order chi connectivity index (χ1) is 5.13. The number of rotatable bonds is 1. The van der Waals surface area contributed by atoms with Crippen molar-refractivity contribution in [2.45, 2.75) is 13.0 Å². The van der Waals surface area contributed by atoms with Gasteiger partial charge in [0.1, 0.15) is 0 Å². The van der Waals surface area contributed by atoms with E-state index < -0.39 is 17.3 Å². The molecule has 60 valence electrons. The Bertz CT molecular complexity index is 303. The number of H-pyrrole nitrogens is 1. The van der Waals surface area contributed by atoms with E-state index in [1.165, 1.54) is 19.2 Å². The van der Waals surface area contributed by atoms with Crippen LogP contribution >= 0.6 is 0 Å². The van der Waals surface area contributed by atoms with Gasteiger partial charge in [-0.1, -0.05) is 0 Å². The van der Waals surface area contributed by atoms with Gasteiger partial charge in [-0.3, -0.25) is 4.79 Å². The maximum Gasteiger partial charge on any atom is 0.223 e. The molecule has 0 aliphatic rings. The molecule has 1 heterocycles. The van der Waals surface area contributed by atoms with Crippen LogP contribution in [0, 0.1) is 0 Å². The number of nitrogens with one attached hydrogen (secondary N) is 1. The van der Waals surface area contributed by atoms with E-state index >= 15 is 0 Å². The summed E-state index contributed by atoms with van der Waals surface area (Å²) in [6, 6.07) is 1.20. The molecule has 0 aliphatic carbocycles. The molecule has 0 spiro atoms. The van der Waals surface area contributed by atoms with Crippen molar-refractivity contribution in [2.75, 3.05) is 0 Å². The minimum atomic E-state index is -0.858. The number of aromatic nitrogens is 1. The molecule has 0 aliphatic heterocycles. The molecule has 4 heteroatoms. The number of pyridine rings is 1. The summed E-state index contributed by atoms with van der Waals surface area (Å²) in [5, 5.41) is 18.1. The number of hydrogen-bond donors (Lipinski definition) is 3. The smallest absolute Gasteiger partial charge is 0.223 e. The summed E-state index contributed by atoms with van der Waals surface area (Å²) in [4.78, 5) is 13.3. The summed E-state index contributed by atoms with van der Waals surface area (Å²) in [5.41, 5.74) is -0.336. The fourth-order valence-corrected chi connectivity index (χ4v) is 0.806. The number of hydrogen-bond acceptors (Lipinski definition) is 3. The van der Waals surface area contributed by atoms with Gasteiger partial charge in [0.2, 0.25) is 5.43 Å². The van der Waals surface area contributed by atoms with Crippen LogP contribution in [0.1, 0.15) is 18.7 Å². The molecule has 1 rings (SSSR count). The number of aliphatic hydroxyl groups is 1. The fraction of sp³-hybridized carbons (Fsp3) is 0.286. The van der Waals surface area contributed by atoms with Crippen LogP contribution in [0.5, 0.6) is 5.75 Å². The maximum absolute atomic E-state index is 10.8. The Labute approximate surface area is 63.1 Å². The summed E-state index contributed by atoms with van der Waals surface area (Å²) in [5.74, 6) is -0.414. The van der Waals surface area contributed by atoms with E-state index in [0.717, 1.165) is 0 Å². The first-order valence-corrected chi connectivity index (χ1v) is 3.21. The van der Waals surface area contributed by atoms with E-state index in [2.05, 4.69) is 4.98 Å². The lowest BCUT2D eigenvalue weighted by Gasteiger charge is -2.04. The average molecular weight is 155 g/mol. The van der Waals surface area contributed by atoms with Crippen LogP contribution in [0.25, 0.3) is 0 Å².